The molecule has 0 saturated heterocycles. The lowest BCUT2D eigenvalue weighted by molar-refractivity contribution is -0.921. The Balaban J connectivity index is 0. The van der Waals surface area contributed by atoms with Crippen molar-refractivity contribution in [3.05, 3.63) is 0 Å². The highest BCUT2D eigenvalue weighted by atomic mass is 16.4. The largest absolute Gasteiger partial charge is 0.481 e. The third-order valence-corrected chi connectivity index (χ3v) is 3.15. The summed E-state index contributed by atoms with van der Waals surface area (Å²) in [6, 6.07) is 0. The molecular formula is C12H28NO2+. The first-order valence-corrected chi connectivity index (χ1v) is 6.08. The molecule has 0 aliphatic heterocycles. The topological polar surface area (TPSA) is 37.3 Å². The van der Waals surface area contributed by atoms with E-state index in [0.717, 1.165) is 6.42 Å². The molecule has 3 heteroatoms. The molecule has 0 spiro atoms. The zero-order valence-electron chi connectivity index (χ0n) is 11.0. The number of quaternary nitrogens is 1. The van der Waals surface area contributed by atoms with Crippen LogP contribution in [0.5, 0.6) is 0 Å². The van der Waals surface area contributed by atoms with Gasteiger partial charge in [0.1, 0.15) is 0 Å². The van der Waals surface area contributed by atoms with Crippen molar-refractivity contribution < 1.29 is 14.4 Å². The molecule has 0 amide bonds. The maximum absolute atomic E-state index is 9.60. The fraction of sp³-hybridized carbons (Fsp3) is 0.917. The van der Waals surface area contributed by atoms with Crippen LogP contribution in [0.3, 0.4) is 0 Å². The molecule has 92 valence electrons. The van der Waals surface area contributed by atoms with E-state index in [0.29, 0.717) is 6.42 Å². The fourth-order valence-corrected chi connectivity index (χ4v) is 1.56. The van der Waals surface area contributed by atoms with Gasteiger partial charge in [0.2, 0.25) is 0 Å². The van der Waals surface area contributed by atoms with Gasteiger partial charge in [-0.05, 0) is 34.1 Å². The van der Waals surface area contributed by atoms with Crippen LogP contribution < -0.4 is 0 Å². The minimum Gasteiger partial charge on any atom is -0.481 e. The number of rotatable bonds is 6. The van der Waals surface area contributed by atoms with Crippen LogP contribution >= 0.6 is 0 Å². The van der Waals surface area contributed by atoms with Crippen molar-refractivity contribution in [3.63, 3.8) is 0 Å². The summed E-state index contributed by atoms with van der Waals surface area (Å²) in [5, 5.41) is 7.91. The van der Waals surface area contributed by atoms with Gasteiger partial charge in [0.05, 0.1) is 26.2 Å². The normalized spacial score (nSPS) is 10.5. The number of hydrogen-bond acceptors (Lipinski definition) is 1. The summed E-state index contributed by atoms with van der Waals surface area (Å²) >= 11 is 0. The van der Waals surface area contributed by atoms with Gasteiger partial charge in [0.25, 0.3) is 0 Å². The molecular weight excluding hydrogens is 190 g/mol. The standard InChI is InChI=1S/C8H20N.C4H8O2/c1-5-9(6-2,7-3)8-4;1-2-3-4(5)6/h5-8H2,1-4H3;2-3H2,1H3,(H,5,6)/q+1;. The minimum atomic E-state index is -0.711. The third kappa shape index (κ3) is 8.43. The van der Waals surface area contributed by atoms with Gasteiger partial charge < -0.3 is 9.59 Å². The molecule has 3 nitrogen and oxygen atoms in total. The van der Waals surface area contributed by atoms with E-state index in [2.05, 4.69) is 27.7 Å². The van der Waals surface area contributed by atoms with Gasteiger partial charge in [-0.3, -0.25) is 4.79 Å². The van der Waals surface area contributed by atoms with Crippen molar-refractivity contribution in [2.45, 2.75) is 47.5 Å². The Hall–Kier alpha value is -0.570. The van der Waals surface area contributed by atoms with Gasteiger partial charge in [-0.2, -0.15) is 0 Å². The average molecular weight is 218 g/mol. The third-order valence-electron chi connectivity index (χ3n) is 3.15. The van der Waals surface area contributed by atoms with Crippen molar-refractivity contribution in [2.75, 3.05) is 26.2 Å². The van der Waals surface area contributed by atoms with Gasteiger partial charge in [-0.15, -0.1) is 0 Å². The molecule has 0 atom stereocenters. The number of hydrogen-bond donors (Lipinski definition) is 1. The van der Waals surface area contributed by atoms with Crippen molar-refractivity contribution in [1.82, 2.24) is 0 Å². The van der Waals surface area contributed by atoms with E-state index in [1.807, 2.05) is 6.92 Å². The summed E-state index contributed by atoms with van der Waals surface area (Å²) in [6.07, 6.45) is 1.02. The molecule has 0 aliphatic rings. The Labute approximate surface area is 94.7 Å². The molecule has 0 aromatic heterocycles. The monoisotopic (exact) mass is 218 g/mol. The van der Waals surface area contributed by atoms with E-state index in [-0.39, 0.29) is 0 Å². The summed E-state index contributed by atoms with van der Waals surface area (Å²) in [7, 11) is 0. The first-order valence-electron chi connectivity index (χ1n) is 6.08. The lowest BCUT2D eigenvalue weighted by atomic mass is 10.3. The first kappa shape index (κ1) is 16.8. The predicted octanol–water partition coefficient (Wildman–Crippen LogP) is 2.75. The zero-order valence-corrected chi connectivity index (χ0v) is 11.0. The van der Waals surface area contributed by atoms with E-state index in [4.69, 9.17) is 5.11 Å². The molecule has 0 aromatic carbocycles. The predicted molar refractivity (Wildman–Crippen MR) is 65.0 cm³/mol. The molecule has 0 aliphatic carbocycles. The highest BCUT2D eigenvalue weighted by Gasteiger charge is 2.16. The SMILES string of the molecule is CCCC(=O)O.CC[N+](CC)(CC)CC. The van der Waals surface area contributed by atoms with Crippen LogP contribution in [-0.4, -0.2) is 41.7 Å². The molecule has 0 saturated carbocycles. The molecule has 0 radical (unpaired) electrons. The average Bonchev–Trinajstić information content (AvgIpc) is 2.23. The van der Waals surface area contributed by atoms with Crippen LogP contribution in [0, 0.1) is 0 Å². The van der Waals surface area contributed by atoms with E-state index >= 15 is 0 Å². The second-order valence-electron chi connectivity index (χ2n) is 3.75. The van der Waals surface area contributed by atoms with Crippen LogP contribution in [0.4, 0.5) is 0 Å². The highest BCUT2D eigenvalue weighted by molar-refractivity contribution is 5.66. The van der Waals surface area contributed by atoms with Gasteiger partial charge in [0.15, 0.2) is 0 Å². The first-order chi connectivity index (χ1) is 7.01. The van der Waals surface area contributed by atoms with E-state index in [1.54, 1.807) is 0 Å². The summed E-state index contributed by atoms with van der Waals surface area (Å²) in [5.74, 6) is -0.711. The van der Waals surface area contributed by atoms with E-state index in [9.17, 15) is 4.79 Å². The highest BCUT2D eigenvalue weighted by Crippen LogP contribution is 2.03. The van der Waals surface area contributed by atoms with Crippen LogP contribution in [0.25, 0.3) is 0 Å². The Morgan fingerprint density at radius 2 is 1.27 bits per heavy atom. The van der Waals surface area contributed by atoms with Gasteiger partial charge in [0, 0.05) is 6.42 Å². The Kier molecular flexibility index (Phi) is 11.2. The zero-order chi connectivity index (χ0) is 12.3. The second-order valence-corrected chi connectivity index (χ2v) is 3.75. The number of carbonyl (C=O) groups is 1. The maximum atomic E-state index is 9.60. The lowest BCUT2D eigenvalue weighted by Gasteiger charge is -2.34. The van der Waals surface area contributed by atoms with Crippen molar-refractivity contribution >= 4 is 5.97 Å². The van der Waals surface area contributed by atoms with Crippen molar-refractivity contribution in [3.8, 4) is 0 Å². The van der Waals surface area contributed by atoms with Crippen LogP contribution in [0.15, 0.2) is 0 Å². The fourth-order valence-electron chi connectivity index (χ4n) is 1.56. The summed E-state index contributed by atoms with van der Waals surface area (Å²) in [6.45, 7) is 16.1. The molecule has 0 heterocycles. The minimum absolute atomic E-state index is 0.292. The lowest BCUT2D eigenvalue weighted by Crippen LogP contribution is -2.47. The molecule has 0 fully saturated rings. The summed E-state index contributed by atoms with van der Waals surface area (Å²) in [5.41, 5.74) is 0. The molecule has 0 rings (SSSR count). The molecule has 15 heavy (non-hydrogen) atoms. The maximum Gasteiger partial charge on any atom is 0.303 e. The number of carboxylic acids is 1. The summed E-state index contributed by atoms with van der Waals surface area (Å²) < 4.78 is 1.28. The van der Waals surface area contributed by atoms with Crippen LogP contribution in [-0.2, 0) is 4.79 Å². The quantitative estimate of drug-likeness (QED) is 0.696. The molecule has 0 unspecified atom stereocenters. The van der Waals surface area contributed by atoms with E-state index < -0.39 is 5.97 Å². The molecule has 0 aromatic rings. The van der Waals surface area contributed by atoms with E-state index in [1.165, 1.54) is 30.7 Å². The summed E-state index contributed by atoms with van der Waals surface area (Å²) in [4.78, 5) is 9.60. The molecule has 0 bridgehead atoms. The Morgan fingerprint density at radius 1 is 0.933 bits per heavy atom. The number of carboxylic acid groups (broad SMARTS) is 1. The van der Waals surface area contributed by atoms with Crippen LogP contribution in [0.1, 0.15) is 47.5 Å². The van der Waals surface area contributed by atoms with Crippen LogP contribution in [0.2, 0.25) is 0 Å². The van der Waals surface area contributed by atoms with Gasteiger partial charge in [-0.1, -0.05) is 6.92 Å². The van der Waals surface area contributed by atoms with Gasteiger partial charge in [-0.25, -0.2) is 0 Å². The van der Waals surface area contributed by atoms with Crippen molar-refractivity contribution in [1.29, 1.82) is 0 Å². The van der Waals surface area contributed by atoms with Gasteiger partial charge >= 0.3 is 5.97 Å². The second kappa shape index (κ2) is 9.97. The Bertz CT molecular complexity index is 136. The number of nitrogens with zero attached hydrogens (tertiary/aromatic N) is 1. The Morgan fingerprint density at radius 3 is 1.27 bits per heavy atom. The van der Waals surface area contributed by atoms with Crippen molar-refractivity contribution in [2.24, 2.45) is 0 Å². The molecule has 1 N–H and O–H groups in total. The number of aliphatic carboxylic acids is 1. The smallest absolute Gasteiger partial charge is 0.303 e.